The van der Waals surface area contributed by atoms with Gasteiger partial charge in [-0.3, -0.25) is 4.79 Å². The molecule has 78 valence electrons. The van der Waals surface area contributed by atoms with E-state index in [0.29, 0.717) is 4.57 Å². The van der Waals surface area contributed by atoms with E-state index in [9.17, 15) is 17.7 Å². The summed E-state index contributed by atoms with van der Waals surface area (Å²) in [5.41, 5.74) is -0.711. The zero-order valence-electron chi connectivity index (χ0n) is 7.18. The van der Waals surface area contributed by atoms with Crippen LogP contribution in [0.3, 0.4) is 0 Å². The highest BCUT2D eigenvalue weighted by atomic mass is 79.9. The maximum Gasteiger partial charge on any atom is 0.497 e. The van der Waals surface area contributed by atoms with Crippen molar-refractivity contribution < 1.29 is 12.9 Å². The lowest BCUT2D eigenvalue weighted by Gasteiger charge is -2.17. The van der Waals surface area contributed by atoms with Gasteiger partial charge in [0.2, 0.25) is 0 Å². The van der Waals surface area contributed by atoms with Gasteiger partial charge >= 0.3 is 6.98 Å². The summed E-state index contributed by atoms with van der Waals surface area (Å²) in [4.78, 5) is 14.9. The molecule has 0 aromatic carbocycles. The van der Waals surface area contributed by atoms with E-state index in [1.807, 2.05) is 0 Å². The van der Waals surface area contributed by atoms with Crippen LogP contribution >= 0.6 is 15.9 Å². The molecule has 8 heteroatoms. The first-order chi connectivity index (χ1) is 6.31. The van der Waals surface area contributed by atoms with E-state index >= 15 is 0 Å². The summed E-state index contributed by atoms with van der Waals surface area (Å²) in [6.45, 7) is -3.68. The molecule has 3 nitrogen and oxygen atoms in total. The molecule has 1 rings (SSSR count). The summed E-state index contributed by atoms with van der Waals surface area (Å²) in [5, 5.41) is 0. The molecule has 0 radical (unpaired) electrons. The van der Waals surface area contributed by atoms with Crippen molar-refractivity contribution in [1.82, 2.24) is 9.55 Å². The molecule has 0 aliphatic heterocycles. The van der Waals surface area contributed by atoms with Crippen LogP contribution in [0.25, 0.3) is 0 Å². The SMILES string of the molecule is Cc1ncc(Br)c(=O)n1C[B-](F)(F)F. The van der Waals surface area contributed by atoms with Crippen molar-refractivity contribution in [2.75, 3.05) is 0 Å². The molecular weight excluding hydrogens is 264 g/mol. The van der Waals surface area contributed by atoms with Crippen molar-refractivity contribution in [3.63, 3.8) is 0 Å². The summed E-state index contributed by atoms with van der Waals surface area (Å²) in [5.74, 6) is 0.0531. The van der Waals surface area contributed by atoms with Gasteiger partial charge in [0.15, 0.2) is 0 Å². The van der Waals surface area contributed by atoms with Crippen LogP contribution in [0, 0.1) is 6.92 Å². The molecule has 14 heavy (non-hydrogen) atoms. The fourth-order valence-electron chi connectivity index (χ4n) is 0.973. The average molecular weight is 270 g/mol. The van der Waals surface area contributed by atoms with Crippen LogP contribution in [0.2, 0.25) is 0 Å². The molecule has 1 aromatic rings. The number of hydrogen-bond acceptors (Lipinski definition) is 2. The fourth-order valence-corrected chi connectivity index (χ4v) is 1.29. The summed E-state index contributed by atoms with van der Waals surface area (Å²) in [6, 6.07) is 0. The molecule has 1 aromatic heterocycles. The number of aryl methyl sites for hydroxylation is 1. The van der Waals surface area contributed by atoms with Crippen LogP contribution in [0.4, 0.5) is 12.9 Å². The molecule has 0 unspecified atom stereocenters. The quantitative estimate of drug-likeness (QED) is 0.766. The van der Waals surface area contributed by atoms with Gasteiger partial charge < -0.3 is 17.5 Å². The lowest BCUT2D eigenvalue weighted by molar-refractivity contribution is 0.438. The Balaban J connectivity index is 3.21. The molecular formula is C6H6BBrF3N2O-. The van der Waals surface area contributed by atoms with Crippen molar-refractivity contribution in [1.29, 1.82) is 0 Å². The first-order valence-corrected chi connectivity index (χ1v) is 4.53. The Kier molecular flexibility index (Phi) is 3.03. The van der Waals surface area contributed by atoms with E-state index in [2.05, 4.69) is 20.9 Å². The highest BCUT2D eigenvalue weighted by molar-refractivity contribution is 9.10. The van der Waals surface area contributed by atoms with E-state index < -0.39 is 19.0 Å². The Morgan fingerprint density at radius 2 is 2.14 bits per heavy atom. The van der Waals surface area contributed by atoms with Gasteiger partial charge in [0.25, 0.3) is 5.56 Å². The zero-order valence-corrected chi connectivity index (χ0v) is 8.76. The van der Waals surface area contributed by atoms with E-state index in [-0.39, 0.29) is 10.3 Å². The average Bonchev–Trinajstić information content (AvgIpc) is 2.04. The van der Waals surface area contributed by atoms with Gasteiger partial charge in [0, 0.05) is 6.20 Å². The summed E-state index contributed by atoms with van der Waals surface area (Å²) in [7, 11) is 0. The number of rotatable bonds is 2. The maximum absolute atomic E-state index is 12.1. The maximum atomic E-state index is 12.1. The number of nitrogens with zero attached hydrogens (tertiary/aromatic N) is 2. The lowest BCUT2D eigenvalue weighted by Crippen LogP contribution is -2.34. The summed E-state index contributed by atoms with van der Waals surface area (Å²) < 4.78 is 36.9. The fraction of sp³-hybridized carbons (Fsp3) is 0.333. The first kappa shape index (κ1) is 11.3. The predicted molar refractivity (Wildman–Crippen MR) is 50.0 cm³/mol. The second kappa shape index (κ2) is 3.76. The lowest BCUT2D eigenvalue weighted by atomic mass is 9.92. The third-order valence-corrected chi connectivity index (χ3v) is 2.14. The number of halogens is 4. The highest BCUT2D eigenvalue weighted by Gasteiger charge is 2.25. The van der Waals surface area contributed by atoms with Crippen molar-refractivity contribution >= 4 is 22.9 Å². The van der Waals surface area contributed by atoms with Crippen molar-refractivity contribution in [3.05, 3.63) is 26.8 Å². The minimum absolute atomic E-state index is 0.0307. The number of aromatic nitrogens is 2. The largest absolute Gasteiger partial charge is 0.497 e. The Labute approximate surface area is 86.1 Å². The van der Waals surface area contributed by atoms with E-state index in [1.54, 1.807) is 0 Å². The monoisotopic (exact) mass is 269 g/mol. The van der Waals surface area contributed by atoms with Crippen LogP contribution in [0.15, 0.2) is 15.5 Å². The molecule has 1 heterocycles. The molecule has 0 N–H and O–H groups in total. The second-order valence-corrected chi connectivity index (χ2v) is 3.63. The van der Waals surface area contributed by atoms with Crippen LogP contribution in [0.1, 0.15) is 5.82 Å². The Morgan fingerprint density at radius 3 is 2.64 bits per heavy atom. The van der Waals surface area contributed by atoms with Gasteiger partial charge in [-0.15, -0.1) is 0 Å². The summed E-state index contributed by atoms with van der Waals surface area (Å²) >= 11 is 2.83. The normalized spacial score (nSPS) is 11.8. The smallest absolute Gasteiger partial charge is 0.448 e. The molecule has 0 amide bonds. The summed E-state index contributed by atoms with van der Waals surface area (Å²) in [6.07, 6.45) is -0.0609. The van der Waals surface area contributed by atoms with Gasteiger partial charge in [-0.05, 0) is 29.3 Å². The van der Waals surface area contributed by atoms with Crippen molar-refractivity contribution in [3.8, 4) is 0 Å². The minimum atomic E-state index is -5.03. The standard InChI is InChI=1S/C6H6BBrF3N2O/c1-4-12-2-5(8)6(14)13(4)3-7(9,10)11/h2H,3H2,1H3/q-1. The third kappa shape index (κ3) is 2.60. The molecule has 0 fully saturated rings. The van der Waals surface area contributed by atoms with E-state index in [0.717, 1.165) is 0 Å². The number of hydrogen-bond donors (Lipinski definition) is 0. The van der Waals surface area contributed by atoms with Crippen LogP contribution in [0.5, 0.6) is 0 Å². The van der Waals surface area contributed by atoms with Crippen molar-refractivity contribution in [2.24, 2.45) is 0 Å². The highest BCUT2D eigenvalue weighted by Crippen LogP contribution is 2.11. The minimum Gasteiger partial charge on any atom is -0.448 e. The second-order valence-electron chi connectivity index (χ2n) is 2.78. The molecule has 0 bridgehead atoms. The first-order valence-electron chi connectivity index (χ1n) is 3.74. The van der Waals surface area contributed by atoms with Gasteiger partial charge in [-0.1, -0.05) is 0 Å². The molecule has 0 atom stereocenters. The van der Waals surface area contributed by atoms with E-state index in [1.165, 1.54) is 13.1 Å². The van der Waals surface area contributed by atoms with Gasteiger partial charge in [-0.2, -0.15) is 0 Å². The predicted octanol–water partition coefficient (Wildman–Crippen LogP) is 1.70. The molecule has 0 aliphatic rings. The molecule has 0 spiro atoms. The van der Waals surface area contributed by atoms with Gasteiger partial charge in [0.05, 0.1) is 0 Å². The van der Waals surface area contributed by atoms with Crippen molar-refractivity contribution in [2.45, 2.75) is 13.4 Å². The van der Waals surface area contributed by atoms with Gasteiger partial charge in [0.1, 0.15) is 10.3 Å². The van der Waals surface area contributed by atoms with Crippen LogP contribution in [-0.4, -0.2) is 16.5 Å². The topological polar surface area (TPSA) is 34.9 Å². The Morgan fingerprint density at radius 1 is 1.57 bits per heavy atom. The Hall–Kier alpha value is -0.785. The zero-order chi connectivity index (χ0) is 10.9. The Bertz CT molecular complexity index is 403. The van der Waals surface area contributed by atoms with Crippen LogP contribution < -0.4 is 5.56 Å². The van der Waals surface area contributed by atoms with E-state index in [4.69, 9.17) is 0 Å². The molecule has 0 saturated carbocycles. The molecule has 0 aliphatic carbocycles. The molecule has 0 saturated heterocycles. The van der Waals surface area contributed by atoms with Gasteiger partial charge in [-0.25, -0.2) is 4.98 Å². The van der Waals surface area contributed by atoms with Crippen LogP contribution in [-0.2, 0) is 6.44 Å². The third-order valence-electron chi connectivity index (χ3n) is 1.59.